The zero-order valence-electron chi connectivity index (χ0n) is 14.5. The maximum atomic E-state index is 12.4. The van der Waals surface area contributed by atoms with E-state index in [-0.39, 0.29) is 4.90 Å². The summed E-state index contributed by atoms with van der Waals surface area (Å²) in [5.41, 5.74) is -0.906. The lowest BCUT2D eigenvalue weighted by molar-refractivity contribution is -0.158. The molecular weight excluding hydrogens is 346 g/mol. The van der Waals surface area contributed by atoms with Crippen molar-refractivity contribution in [3.63, 3.8) is 0 Å². The number of carbonyl (C=O) groups is 2. The second-order valence-electron chi connectivity index (χ2n) is 6.38. The summed E-state index contributed by atoms with van der Waals surface area (Å²) >= 11 is 0. The van der Waals surface area contributed by atoms with Crippen molar-refractivity contribution in [2.24, 2.45) is 5.41 Å². The van der Waals surface area contributed by atoms with Gasteiger partial charge in [0.1, 0.15) is 10.3 Å². The Morgan fingerprint density at radius 1 is 1.12 bits per heavy atom. The first-order valence-corrected chi connectivity index (χ1v) is 9.40. The van der Waals surface area contributed by atoms with Crippen LogP contribution in [0.5, 0.6) is 0 Å². The normalized spacial score (nSPS) is 16.0. The minimum Gasteiger partial charge on any atom is -0.480 e. The van der Waals surface area contributed by atoms with Crippen LogP contribution in [0.4, 0.5) is 5.69 Å². The largest absolute Gasteiger partial charge is 0.480 e. The molecule has 8 nitrogen and oxygen atoms in total. The van der Waals surface area contributed by atoms with Crippen molar-refractivity contribution in [3.05, 3.63) is 24.3 Å². The molecule has 0 radical (unpaired) electrons. The minimum absolute atomic E-state index is 0.183. The summed E-state index contributed by atoms with van der Waals surface area (Å²) in [6.07, 6.45) is 0. The third kappa shape index (κ3) is 3.77. The van der Waals surface area contributed by atoms with E-state index in [1.165, 1.54) is 31.9 Å². The van der Waals surface area contributed by atoms with E-state index in [1.807, 2.05) is 4.90 Å². The lowest BCUT2D eigenvalue weighted by atomic mass is 9.91. The predicted molar refractivity (Wildman–Crippen MR) is 92.9 cm³/mol. The number of sulfonamides is 1. The highest BCUT2D eigenvalue weighted by molar-refractivity contribution is 7.89. The molecule has 138 valence electrons. The molecule has 0 saturated carbocycles. The topological polar surface area (TPSA) is 107 Å². The van der Waals surface area contributed by atoms with Gasteiger partial charge in [-0.15, -0.1) is 0 Å². The van der Waals surface area contributed by atoms with Gasteiger partial charge in [0.15, 0.2) is 0 Å². The van der Waals surface area contributed by atoms with Gasteiger partial charge in [0, 0.05) is 26.2 Å². The van der Waals surface area contributed by atoms with Crippen molar-refractivity contribution in [1.82, 2.24) is 9.62 Å². The van der Waals surface area contributed by atoms with Gasteiger partial charge in [-0.3, -0.25) is 9.59 Å². The van der Waals surface area contributed by atoms with Crippen LogP contribution in [0.1, 0.15) is 13.8 Å². The molecule has 1 aromatic rings. The Balaban J connectivity index is 2.17. The molecule has 1 aliphatic heterocycles. The van der Waals surface area contributed by atoms with Gasteiger partial charge in [-0.25, -0.2) is 13.1 Å². The number of anilines is 1. The van der Waals surface area contributed by atoms with Crippen LogP contribution in [0.2, 0.25) is 0 Å². The van der Waals surface area contributed by atoms with Crippen LogP contribution in [0.15, 0.2) is 29.2 Å². The Morgan fingerprint density at radius 2 is 1.68 bits per heavy atom. The minimum atomic E-state index is -3.59. The number of benzene rings is 1. The fraction of sp³-hybridized carbons (Fsp3) is 0.500. The molecule has 25 heavy (non-hydrogen) atoms. The van der Waals surface area contributed by atoms with Gasteiger partial charge in [-0.2, -0.15) is 0 Å². The summed E-state index contributed by atoms with van der Waals surface area (Å²) in [5, 5.41) is 9.19. The molecule has 1 fully saturated rings. The van der Waals surface area contributed by atoms with Gasteiger partial charge < -0.3 is 14.9 Å². The number of rotatable bonds is 5. The molecule has 1 heterocycles. The van der Waals surface area contributed by atoms with Crippen molar-refractivity contribution >= 4 is 27.6 Å². The number of aliphatic carboxylic acids is 1. The standard InChI is InChI=1S/C16H23N3O5S/c1-16(2,15(21)22)14(20)19-10-8-18(9-11-19)12-6-4-5-7-13(12)25(23,24)17-3/h4-7,17H,8-11H2,1-3H3,(H,21,22). The first kappa shape index (κ1) is 19.2. The number of amides is 1. The molecule has 9 heteroatoms. The van der Waals surface area contributed by atoms with Gasteiger partial charge in [0.05, 0.1) is 5.69 Å². The summed E-state index contributed by atoms with van der Waals surface area (Å²) < 4.78 is 26.7. The predicted octanol–water partition coefficient (Wildman–Crippen LogP) is 0.354. The zero-order chi connectivity index (χ0) is 18.8. The number of nitrogens with one attached hydrogen (secondary N) is 1. The fourth-order valence-electron chi connectivity index (χ4n) is 2.69. The monoisotopic (exact) mass is 369 g/mol. The van der Waals surface area contributed by atoms with Gasteiger partial charge >= 0.3 is 5.97 Å². The molecule has 0 unspecified atom stereocenters. The second kappa shape index (κ2) is 7.01. The van der Waals surface area contributed by atoms with E-state index >= 15 is 0 Å². The fourth-order valence-corrected chi connectivity index (χ4v) is 3.64. The molecule has 1 aromatic carbocycles. The quantitative estimate of drug-likeness (QED) is 0.726. The molecule has 0 aliphatic carbocycles. The van der Waals surface area contributed by atoms with Crippen molar-refractivity contribution in [2.75, 3.05) is 38.1 Å². The third-order valence-corrected chi connectivity index (χ3v) is 5.86. The Hall–Kier alpha value is -2.13. The second-order valence-corrected chi connectivity index (χ2v) is 8.24. The summed E-state index contributed by atoms with van der Waals surface area (Å²) in [7, 11) is -2.23. The van der Waals surface area contributed by atoms with Crippen LogP contribution < -0.4 is 9.62 Å². The highest BCUT2D eigenvalue weighted by Gasteiger charge is 2.40. The number of nitrogens with zero attached hydrogens (tertiary/aromatic N) is 2. The molecule has 0 aromatic heterocycles. The Bertz CT molecular complexity index is 768. The van der Waals surface area contributed by atoms with E-state index in [4.69, 9.17) is 0 Å². The van der Waals surface area contributed by atoms with Gasteiger partial charge in [0.25, 0.3) is 0 Å². The number of piperazine rings is 1. The molecule has 1 saturated heterocycles. The molecule has 1 aliphatic rings. The number of hydrogen-bond acceptors (Lipinski definition) is 5. The highest BCUT2D eigenvalue weighted by atomic mass is 32.2. The molecule has 0 bridgehead atoms. The first-order valence-electron chi connectivity index (χ1n) is 7.91. The number of para-hydroxylation sites is 1. The molecular formula is C16H23N3O5S. The Labute approximate surface area is 147 Å². The third-order valence-electron chi connectivity index (χ3n) is 4.40. The summed E-state index contributed by atoms with van der Waals surface area (Å²) in [4.78, 5) is 27.2. The van der Waals surface area contributed by atoms with Gasteiger partial charge in [-0.05, 0) is 33.0 Å². The van der Waals surface area contributed by atoms with E-state index < -0.39 is 27.3 Å². The average molecular weight is 369 g/mol. The molecule has 0 atom stereocenters. The Kier molecular flexibility index (Phi) is 5.38. The van der Waals surface area contributed by atoms with Crippen molar-refractivity contribution < 1.29 is 23.1 Å². The van der Waals surface area contributed by atoms with Crippen LogP contribution in [-0.4, -0.2) is 63.5 Å². The van der Waals surface area contributed by atoms with Crippen molar-refractivity contribution in [3.8, 4) is 0 Å². The SMILES string of the molecule is CNS(=O)(=O)c1ccccc1N1CCN(C(=O)C(C)(C)C(=O)O)CC1. The van der Waals surface area contributed by atoms with Gasteiger partial charge in [0.2, 0.25) is 15.9 Å². The maximum Gasteiger partial charge on any atom is 0.318 e. The molecule has 2 N–H and O–H groups in total. The number of hydrogen-bond donors (Lipinski definition) is 2. The van der Waals surface area contributed by atoms with Crippen LogP contribution in [0.3, 0.4) is 0 Å². The first-order chi connectivity index (χ1) is 11.6. The van der Waals surface area contributed by atoms with Crippen molar-refractivity contribution in [2.45, 2.75) is 18.7 Å². The number of carboxylic acids is 1. The summed E-state index contributed by atoms with van der Waals surface area (Å²) in [6.45, 7) is 4.31. The summed E-state index contributed by atoms with van der Waals surface area (Å²) in [6, 6.07) is 6.67. The van der Waals surface area contributed by atoms with E-state index in [0.29, 0.717) is 31.9 Å². The van der Waals surface area contributed by atoms with Crippen LogP contribution in [-0.2, 0) is 19.6 Å². The van der Waals surface area contributed by atoms with Gasteiger partial charge in [-0.1, -0.05) is 12.1 Å². The van der Waals surface area contributed by atoms with Crippen LogP contribution in [0.25, 0.3) is 0 Å². The maximum absolute atomic E-state index is 12.4. The number of carboxylic acid groups (broad SMARTS) is 1. The molecule has 0 spiro atoms. The zero-order valence-corrected chi connectivity index (χ0v) is 15.3. The van der Waals surface area contributed by atoms with Crippen molar-refractivity contribution in [1.29, 1.82) is 0 Å². The van der Waals surface area contributed by atoms with E-state index in [9.17, 15) is 23.1 Å². The van der Waals surface area contributed by atoms with Crippen LogP contribution >= 0.6 is 0 Å². The molecule has 1 amide bonds. The van der Waals surface area contributed by atoms with E-state index in [1.54, 1.807) is 18.2 Å². The lowest BCUT2D eigenvalue weighted by Crippen LogP contribution is -2.54. The lowest BCUT2D eigenvalue weighted by Gasteiger charge is -2.39. The highest BCUT2D eigenvalue weighted by Crippen LogP contribution is 2.27. The van der Waals surface area contributed by atoms with E-state index in [2.05, 4.69) is 4.72 Å². The number of carbonyl (C=O) groups excluding carboxylic acids is 1. The Morgan fingerprint density at radius 3 is 2.20 bits per heavy atom. The smallest absolute Gasteiger partial charge is 0.318 e. The summed E-state index contributed by atoms with van der Waals surface area (Å²) in [5.74, 6) is -1.60. The van der Waals surface area contributed by atoms with E-state index in [0.717, 1.165) is 0 Å². The van der Waals surface area contributed by atoms with Crippen LogP contribution in [0, 0.1) is 5.41 Å². The average Bonchev–Trinajstić information content (AvgIpc) is 2.61. The molecule has 2 rings (SSSR count).